The molecule has 21 heavy (non-hydrogen) atoms. The van der Waals surface area contributed by atoms with Crippen molar-refractivity contribution in [2.75, 3.05) is 5.32 Å². The third-order valence-corrected chi connectivity index (χ3v) is 5.52. The highest BCUT2D eigenvalue weighted by atomic mass is 16.6. The van der Waals surface area contributed by atoms with Gasteiger partial charge in [-0.25, -0.2) is 0 Å². The predicted molar refractivity (Wildman–Crippen MR) is 77.6 cm³/mol. The van der Waals surface area contributed by atoms with E-state index in [0.717, 1.165) is 29.7 Å². The highest BCUT2D eigenvalue weighted by molar-refractivity contribution is 5.97. The van der Waals surface area contributed by atoms with E-state index in [0.29, 0.717) is 5.92 Å². The van der Waals surface area contributed by atoms with Gasteiger partial charge in [0.25, 0.3) is 0 Å². The van der Waals surface area contributed by atoms with Crippen molar-refractivity contribution in [1.29, 1.82) is 0 Å². The Morgan fingerprint density at radius 1 is 1.24 bits per heavy atom. The van der Waals surface area contributed by atoms with Crippen LogP contribution in [0.15, 0.2) is 18.2 Å². The summed E-state index contributed by atoms with van der Waals surface area (Å²) in [5, 5.41) is 3.06. The van der Waals surface area contributed by atoms with Crippen molar-refractivity contribution in [2.24, 2.45) is 23.7 Å². The average molecular weight is 285 g/mol. The number of carbonyl (C=O) groups is 2. The topological polar surface area (TPSA) is 55.4 Å². The number of hydrogen-bond acceptors (Lipinski definition) is 3. The summed E-state index contributed by atoms with van der Waals surface area (Å²) in [4.78, 5) is 24.7. The van der Waals surface area contributed by atoms with E-state index in [1.807, 2.05) is 32.0 Å². The maximum absolute atomic E-state index is 12.7. The molecule has 2 bridgehead atoms. The Morgan fingerprint density at radius 3 is 2.67 bits per heavy atom. The summed E-state index contributed by atoms with van der Waals surface area (Å²) in [6.45, 7) is 3.98. The maximum atomic E-state index is 12.7. The number of nitrogens with one attached hydrogen (secondary N) is 1. The van der Waals surface area contributed by atoms with Gasteiger partial charge in [0.2, 0.25) is 5.91 Å². The number of hydrogen-bond donors (Lipinski definition) is 1. The standard InChI is InChI=1S/C17H19NO3/c1-8-4-3-5-9(2)15(8)18-16(19)13-10-6-11-12(7-10)21-17(20)14(11)13/h3-5,10-14H,6-7H2,1-2H3,(H,18,19)/t10-,11-,12+,13+,14-/m0/s1. The number of rotatable bonds is 2. The molecule has 0 aromatic heterocycles. The quantitative estimate of drug-likeness (QED) is 0.849. The average Bonchev–Trinajstić information content (AvgIpc) is 3.04. The third kappa shape index (κ3) is 1.74. The molecular weight excluding hydrogens is 266 g/mol. The molecule has 3 aliphatic rings. The minimum atomic E-state index is -0.210. The van der Waals surface area contributed by atoms with Crippen LogP contribution < -0.4 is 5.32 Å². The predicted octanol–water partition coefficient (Wildman–Crippen LogP) is 2.44. The molecular formula is C17H19NO3. The van der Waals surface area contributed by atoms with Crippen molar-refractivity contribution in [2.45, 2.75) is 32.8 Å². The number of anilines is 1. The Morgan fingerprint density at radius 2 is 1.95 bits per heavy atom. The minimum absolute atomic E-state index is 0.0119. The Kier molecular flexibility index (Phi) is 2.65. The van der Waals surface area contributed by atoms with Gasteiger partial charge in [0, 0.05) is 11.6 Å². The Hall–Kier alpha value is -1.84. The van der Waals surface area contributed by atoms with Gasteiger partial charge in [-0.05, 0) is 43.7 Å². The van der Waals surface area contributed by atoms with Crippen molar-refractivity contribution >= 4 is 17.6 Å². The zero-order valence-electron chi connectivity index (χ0n) is 12.3. The van der Waals surface area contributed by atoms with Gasteiger partial charge >= 0.3 is 5.97 Å². The first-order valence-corrected chi connectivity index (χ1v) is 7.64. The molecule has 0 spiro atoms. The Balaban J connectivity index is 1.60. The number of carbonyl (C=O) groups excluding carboxylic acids is 2. The molecule has 0 radical (unpaired) electrons. The van der Waals surface area contributed by atoms with E-state index in [9.17, 15) is 9.59 Å². The van der Waals surface area contributed by atoms with Crippen molar-refractivity contribution in [3.8, 4) is 0 Å². The monoisotopic (exact) mass is 285 g/mol. The van der Waals surface area contributed by atoms with Crippen molar-refractivity contribution in [1.82, 2.24) is 0 Å². The van der Waals surface area contributed by atoms with Gasteiger partial charge in [0.05, 0.1) is 11.8 Å². The molecule has 0 unspecified atom stereocenters. The number of benzene rings is 1. The summed E-state index contributed by atoms with van der Waals surface area (Å²) in [7, 11) is 0. The largest absolute Gasteiger partial charge is 0.462 e. The first kappa shape index (κ1) is 12.9. The van der Waals surface area contributed by atoms with Crippen LogP contribution in [0.1, 0.15) is 24.0 Å². The van der Waals surface area contributed by atoms with Crippen LogP contribution in [0.5, 0.6) is 0 Å². The molecule has 1 aromatic rings. The van der Waals surface area contributed by atoms with Gasteiger partial charge in [0.1, 0.15) is 6.10 Å². The van der Waals surface area contributed by atoms with E-state index in [-0.39, 0.29) is 35.7 Å². The number of esters is 1. The van der Waals surface area contributed by atoms with Crippen molar-refractivity contribution in [3.05, 3.63) is 29.3 Å². The number of para-hydroxylation sites is 1. The first-order valence-electron chi connectivity index (χ1n) is 7.64. The van der Waals surface area contributed by atoms with Crippen LogP contribution in [0.25, 0.3) is 0 Å². The molecule has 1 N–H and O–H groups in total. The lowest BCUT2D eigenvalue weighted by Crippen LogP contribution is -2.36. The van der Waals surface area contributed by atoms with Crippen LogP contribution in [0.2, 0.25) is 0 Å². The molecule has 1 heterocycles. The third-order valence-electron chi connectivity index (χ3n) is 5.52. The van der Waals surface area contributed by atoms with E-state index in [1.54, 1.807) is 0 Å². The highest BCUT2D eigenvalue weighted by Crippen LogP contribution is 2.57. The van der Waals surface area contributed by atoms with Crippen LogP contribution in [-0.4, -0.2) is 18.0 Å². The van der Waals surface area contributed by atoms with Gasteiger partial charge in [0.15, 0.2) is 0 Å². The van der Waals surface area contributed by atoms with E-state index in [4.69, 9.17) is 4.74 Å². The second kappa shape index (κ2) is 4.33. The fourth-order valence-corrected chi connectivity index (χ4v) is 4.58. The first-order chi connectivity index (χ1) is 10.1. The van der Waals surface area contributed by atoms with Gasteiger partial charge in [-0.3, -0.25) is 9.59 Å². The fourth-order valence-electron chi connectivity index (χ4n) is 4.58. The summed E-state index contributed by atoms with van der Waals surface area (Å²) in [6.07, 6.45) is 1.90. The zero-order valence-corrected chi connectivity index (χ0v) is 12.3. The Labute approximate surface area is 123 Å². The van der Waals surface area contributed by atoms with Gasteiger partial charge in [-0.15, -0.1) is 0 Å². The van der Waals surface area contributed by atoms with Crippen LogP contribution >= 0.6 is 0 Å². The smallest absolute Gasteiger partial charge is 0.310 e. The Bertz CT molecular complexity index is 617. The fraction of sp³-hybridized carbons (Fsp3) is 0.529. The summed E-state index contributed by atoms with van der Waals surface area (Å²) in [5.74, 6) is -0.0100. The summed E-state index contributed by atoms with van der Waals surface area (Å²) in [6, 6.07) is 5.96. The summed E-state index contributed by atoms with van der Waals surface area (Å²) >= 11 is 0. The van der Waals surface area contributed by atoms with E-state index in [1.165, 1.54) is 0 Å². The lowest BCUT2D eigenvalue weighted by atomic mass is 9.79. The second-order valence-electron chi connectivity index (χ2n) is 6.68. The maximum Gasteiger partial charge on any atom is 0.310 e. The molecule has 4 nitrogen and oxygen atoms in total. The van der Waals surface area contributed by atoms with Crippen LogP contribution in [0.4, 0.5) is 5.69 Å². The summed E-state index contributed by atoms with van der Waals surface area (Å²) in [5.41, 5.74) is 2.99. The lowest BCUT2D eigenvalue weighted by molar-refractivity contribution is -0.145. The van der Waals surface area contributed by atoms with Gasteiger partial charge < -0.3 is 10.1 Å². The number of amides is 1. The molecule has 110 valence electrons. The number of aryl methyl sites for hydroxylation is 2. The van der Waals surface area contributed by atoms with E-state index in [2.05, 4.69) is 5.32 Å². The second-order valence-corrected chi connectivity index (χ2v) is 6.68. The molecule has 1 amide bonds. The van der Waals surface area contributed by atoms with Crippen LogP contribution in [0, 0.1) is 37.5 Å². The molecule has 4 heteroatoms. The van der Waals surface area contributed by atoms with Gasteiger partial charge in [-0.1, -0.05) is 18.2 Å². The van der Waals surface area contributed by atoms with Crippen molar-refractivity contribution in [3.63, 3.8) is 0 Å². The van der Waals surface area contributed by atoms with Crippen molar-refractivity contribution < 1.29 is 14.3 Å². The van der Waals surface area contributed by atoms with E-state index < -0.39 is 0 Å². The van der Waals surface area contributed by atoms with Crippen LogP contribution in [-0.2, 0) is 14.3 Å². The molecule has 1 aromatic carbocycles. The lowest BCUT2D eigenvalue weighted by Gasteiger charge is -2.24. The van der Waals surface area contributed by atoms with Crippen LogP contribution in [0.3, 0.4) is 0 Å². The summed E-state index contributed by atoms with van der Waals surface area (Å²) < 4.78 is 5.40. The molecule has 4 rings (SSSR count). The molecule has 5 atom stereocenters. The molecule has 2 aliphatic carbocycles. The van der Waals surface area contributed by atoms with Gasteiger partial charge in [-0.2, -0.15) is 0 Å². The SMILES string of the molecule is Cc1cccc(C)c1NC(=O)[C@@H]1[C@H]2C[C@@H]3[C@@H]1C(=O)O[C@@H]3C2. The molecule has 3 fully saturated rings. The number of fused-ring (bicyclic) bond motifs is 1. The molecule has 2 saturated carbocycles. The minimum Gasteiger partial charge on any atom is -0.462 e. The van der Waals surface area contributed by atoms with E-state index >= 15 is 0 Å². The zero-order chi connectivity index (χ0) is 14.7. The highest BCUT2D eigenvalue weighted by Gasteiger charge is 2.63. The molecule has 1 aliphatic heterocycles. The normalized spacial score (nSPS) is 35.9. The molecule has 1 saturated heterocycles. The number of ether oxygens (including phenoxy) is 1.